The third-order valence-electron chi connectivity index (χ3n) is 3.30. The summed E-state index contributed by atoms with van der Waals surface area (Å²) in [6.07, 6.45) is 1.95. The minimum absolute atomic E-state index is 0.0823. The fourth-order valence-corrected chi connectivity index (χ4v) is 2.14. The number of likely N-dealkylation sites (tertiary alicyclic amines) is 1. The van der Waals surface area contributed by atoms with E-state index in [1.807, 2.05) is 18.2 Å². The molecule has 0 saturated carbocycles. The van der Waals surface area contributed by atoms with Gasteiger partial charge in [0.1, 0.15) is 0 Å². The fraction of sp³-hybridized carbons (Fsp3) is 0.429. The van der Waals surface area contributed by atoms with Crippen molar-refractivity contribution in [2.75, 3.05) is 13.6 Å². The number of piperidine rings is 1. The summed E-state index contributed by atoms with van der Waals surface area (Å²) >= 11 is 0. The average molecular weight is 246 g/mol. The Bertz CT molecular complexity index is 431. The van der Waals surface area contributed by atoms with Crippen LogP contribution in [0.3, 0.4) is 0 Å². The molecule has 0 spiro atoms. The summed E-state index contributed by atoms with van der Waals surface area (Å²) < 4.78 is 0. The molecule has 2 amide bonds. The largest absolute Gasteiger partial charge is 0.306 e. The van der Waals surface area contributed by atoms with Gasteiger partial charge in [-0.1, -0.05) is 30.3 Å². The van der Waals surface area contributed by atoms with Crippen LogP contribution in [0.25, 0.3) is 0 Å². The highest BCUT2D eigenvalue weighted by molar-refractivity contribution is 6.00. The summed E-state index contributed by atoms with van der Waals surface area (Å²) in [5, 5.41) is 3.23. The van der Waals surface area contributed by atoms with Gasteiger partial charge in [0.2, 0.25) is 11.8 Å². The number of amides is 2. The predicted molar refractivity (Wildman–Crippen MR) is 68.9 cm³/mol. The highest BCUT2D eigenvalue weighted by Crippen LogP contribution is 2.11. The van der Waals surface area contributed by atoms with Crippen LogP contribution in [0.1, 0.15) is 18.4 Å². The molecule has 4 nitrogen and oxygen atoms in total. The molecule has 1 saturated heterocycles. The highest BCUT2D eigenvalue weighted by atomic mass is 16.2. The topological polar surface area (TPSA) is 49.4 Å². The molecule has 0 aliphatic carbocycles. The van der Waals surface area contributed by atoms with E-state index in [2.05, 4.69) is 17.4 Å². The smallest absolute Gasteiger partial charge is 0.246 e. The van der Waals surface area contributed by atoms with Crippen LogP contribution in [0.4, 0.5) is 0 Å². The first-order chi connectivity index (χ1) is 8.68. The molecule has 18 heavy (non-hydrogen) atoms. The summed E-state index contributed by atoms with van der Waals surface area (Å²) in [5.74, 6) is -0.194. The molecule has 1 N–H and O–H groups in total. The van der Waals surface area contributed by atoms with Gasteiger partial charge in [0.25, 0.3) is 0 Å². The van der Waals surface area contributed by atoms with E-state index in [9.17, 15) is 9.59 Å². The number of hydrogen-bond donors (Lipinski definition) is 1. The number of likely N-dealkylation sites (N-methyl/N-ethyl adjacent to an activating group) is 1. The van der Waals surface area contributed by atoms with Crippen molar-refractivity contribution in [3.05, 3.63) is 35.9 Å². The van der Waals surface area contributed by atoms with E-state index in [0.717, 1.165) is 13.0 Å². The second-order valence-electron chi connectivity index (χ2n) is 4.57. The van der Waals surface area contributed by atoms with Crippen LogP contribution >= 0.6 is 0 Å². The molecular formula is C14H18N2O2. The number of carbonyl (C=O) groups excluding carboxylic acids is 2. The van der Waals surface area contributed by atoms with Crippen molar-refractivity contribution >= 4 is 11.8 Å². The van der Waals surface area contributed by atoms with Gasteiger partial charge in [0, 0.05) is 13.5 Å². The number of rotatable bonds is 4. The molecule has 1 heterocycles. The van der Waals surface area contributed by atoms with Crippen molar-refractivity contribution < 1.29 is 9.59 Å². The highest BCUT2D eigenvalue weighted by Gasteiger charge is 2.30. The lowest BCUT2D eigenvalue weighted by Gasteiger charge is -2.28. The molecule has 1 aliphatic rings. The van der Waals surface area contributed by atoms with Gasteiger partial charge in [0.05, 0.1) is 6.04 Å². The van der Waals surface area contributed by atoms with Gasteiger partial charge in [-0.2, -0.15) is 0 Å². The van der Waals surface area contributed by atoms with Gasteiger partial charge in [-0.25, -0.2) is 0 Å². The van der Waals surface area contributed by atoms with Crippen LogP contribution in [0.5, 0.6) is 0 Å². The van der Waals surface area contributed by atoms with Crippen molar-refractivity contribution in [1.29, 1.82) is 0 Å². The van der Waals surface area contributed by atoms with Crippen LogP contribution in [-0.4, -0.2) is 36.3 Å². The number of hydrogen-bond acceptors (Lipinski definition) is 3. The molecule has 1 unspecified atom stereocenters. The standard InChI is InChI=1S/C14H18N2O2/c1-16-13(17)8-7-12(14(16)18)15-10-9-11-5-3-2-4-6-11/h2-6,12,15H,7-10H2,1H3. The monoisotopic (exact) mass is 246 g/mol. The second-order valence-corrected chi connectivity index (χ2v) is 4.57. The first kappa shape index (κ1) is 12.8. The Kier molecular flexibility index (Phi) is 4.10. The lowest BCUT2D eigenvalue weighted by molar-refractivity contribution is -0.148. The fourth-order valence-electron chi connectivity index (χ4n) is 2.14. The first-order valence-electron chi connectivity index (χ1n) is 6.26. The van der Waals surface area contributed by atoms with Crippen LogP contribution in [0, 0.1) is 0 Å². The minimum Gasteiger partial charge on any atom is -0.306 e. The minimum atomic E-state index is -0.212. The van der Waals surface area contributed by atoms with E-state index in [4.69, 9.17) is 0 Å². The quantitative estimate of drug-likeness (QED) is 0.805. The first-order valence-corrected chi connectivity index (χ1v) is 6.26. The normalized spacial score (nSPS) is 20.3. The maximum atomic E-state index is 11.8. The van der Waals surface area contributed by atoms with Crippen LogP contribution < -0.4 is 5.32 Å². The van der Waals surface area contributed by atoms with Gasteiger partial charge in [-0.05, 0) is 24.9 Å². The molecule has 96 valence electrons. The maximum Gasteiger partial charge on any atom is 0.246 e. The van der Waals surface area contributed by atoms with Crippen LogP contribution in [-0.2, 0) is 16.0 Å². The third kappa shape index (κ3) is 2.96. The molecule has 1 aromatic rings. The average Bonchev–Trinajstić information content (AvgIpc) is 2.40. The summed E-state index contributed by atoms with van der Waals surface area (Å²) in [6, 6.07) is 9.93. The van der Waals surface area contributed by atoms with E-state index in [0.29, 0.717) is 12.8 Å². The Labute approximate surface area is 107 Å². The molecule has 1 atom stereocenters. The predicted octanol–water partition coefficient (Wildman–Crippen LogP) is 0.966. The SMILES string of the molecule is CN1C(=O)CCC(NCCc2ccccc2)C1=O. The Hall–Kier alpha value is -1.68. The number of benzene rings is 1. The molecule has 4 heteroatoms. The molecular weight excluding hydrogens is 228 g/mol. The second kappa shape index (κ2) is 5.78. The number of nitrogens with zero attached hydrogens (tertiary/aromatic N) is 1. The zero-order chi connectivity index (χ0) is 13.0. The van der Waals surface area contributed by atoms with Gasteiger partial charge >= 0.3 is 0 Å². The van der Waals surface area contributed by atoms with Crippen molar-refractivity contribution in [3.63, 3.8) is 0 Å². The Balaban J connectivity index is 1.80. The lowest BCUT2D eigenvalue weighted by atomic mass is 10.0. The number of nitrogens with one attached hydrogen (secondary N) is 1. The van der Waals surface area contributed by atoms with Gasteiger partial charge in [-0.3, -0.25) is 14.5 Å². The van der Waals surface area contributed by atoms with E-state index in [-0.39, 0.29) is 17.9 Å². The van der Waals surface area contributed by atoms with E-state index >= 15 is 0 Å². The Morgan fingerprint density at radius 1 is 1.28 bits per heavy atom. The van der Waals surface area contributed by atoms with Crippen molar-refractivity contribution in [3.8, 4) is 0 Å². The lowest BCUT2D eigenvalue weighted by Crippen LogP contribution is -2.51. The van der Waals surface area contributed by atoms with Gasteiger partial charge < -0.3 is 5.32 Å². The van der Waals surface area contributed by atoms with Crippen LogP contribution in [0.15, 0.2) is 30.3 Å². The number of carbonyl (C=O) groups is 2. The van der Waals surface area contributed by atoms with Gasteiger partial charge in [-0.15, -0.1) is 0 Å². The molecule has 1 aromatic carbocycles. The molecule has 1 fully saturated rings. The van der Waals surface area contributed by atoms with Crippen molar-refractivity contribution in [1.82, 2.24) is 10.2 Å². The van der Waals surface area contributed by atoms with Gasteiger partial charge in [0.15, 0.2) is 0 Å². The van der Waals surface area contributed by atoms with Crippen LogP contribution in [0.2, 0.25) is 0 Å². The summed E-state index contributed by atoms with van der Waals surface area (Å²) in [6.45, 7) is 0.752. The molecule has 2 rings (SSSR count). The Morgan fingerprint density at radius 2 is 2.00 bits per heavy atom. The van der Waals surface area contributed by atoms with E-state index in [1.54, 1.807) is 7.05 Å². The molecule has 1 aliphatic heterocycles. The summed E-state index contributed by atoms with van der Waals surface area (Å²) in [5.41, 5.74) is 1.25. The molecule has 0 radical (unpaired) electrons. The maximum absolute atomic E-state index is 11.8. The van der Waals surface area contributed by atoms with Crippen molar-refractivity contribution in [2.24, 2.45) is 0 Å². The van der Waals surface area contributed by atoms with E-state index < -0.39 is 0 Å². The summed E-state index contributed by atoms with van der Waals surface area (Å²) in [4.78, 5) is 24.4. The molecule has 0 bridgehead atoms. The van der Waals surface area contributed by atoms with Crippen molar-refractivity contribution in [2.45, 2.75) is 25.3 Å². The van der Waals surface area contributed by atoms with E-state index in [1.165, 1.54) is 10.5 Å². The zero-order valence-corrected chi connectivity index (χ0v) is 10.6. The third-order valence-corrected chi connectivity index (χ3v) is 3.30. The summed E-state index contributed by atoms with van der Waals surface area (Å²) in [7, 11) is 1.55. The zero-order valence-electron chi connectivity index (χ0n) is 10.6. The Morgan fingerprint density at radius 3 is 2.72 bits per heavy atom. The number of imide groups is 1. The molecule has 0 aromatic heterocycles.